The Morgan fingerprint density at radius 3 is 2.69 bits per heavy atom. The number of piperidine rings is 1. The summed E-state index contributed by atoms with van der Waals surface area (Å²) in [6.07, 6.45) is -0.980. The molecule has 2 aliphatic rings. The van der Waals surface area contributed by atoms with Crippen LogP contribution >= 0.6 is 11.6 Å². The molecule has 2 atom stereocenters. The molecule has 0 radical (unpaired) electrons. The highest BCUT2D eigenvalue weighted by Crippen LogP contribution is 2.35. The van der Waals surface area contributed by atoms with Gasteiger partial charge in [-0.25, -0.2) is 0 Å². The molecule has 1 saturated heterocycles. The number of rotatable bonds is 2. The van der Waals surface area contributed by atoms with Crippen LogP contribution in [-0.4, -0.2) is 28.5 Å². The average molecular weight is 423 g/mol. The highest BCUT2D eigenvalue weighted by Gasteiger charge is 2.35. The highest BCUT2D eigenvalue weighted by molar-refractivity contribution is 6.32. The Kier molecular flexibility index (Phi) is 5.02. The minimum atomic E-state index is -4.48. The van der Waals surface area contributed by atoms with E-state index in [0.29, 0.717) is 19.6 Å². The van der Waals surface area contributed by atoms with Gasteiger partial charge in [0.25, 0.3) is 5.56 Å². The minimum Gasteiger partial charge on any atom is -0.338 e. The van der Waals surface area contributed by atoms with Crippen LogP contribution in [-0.2, 0) is 17.5 Å². The smallest absolute Gasteiger partial charge is 0.338 e. The number of benzene rings is 1. The van der Waals surface area contributed by atoms with E-state index in [4.69, 9.17) is 11.6 Å². The van der Waals surface area contributed by atoms with Crippen LogP contribution < -0.4 is 5.56 Å². The van der Waals surface area contributed by atoms with Crippen molar-refractivity contribution in [3.63, 3.8) is 0 Å². The summed E-state index contributed by atoms with van der Waals surface area (Å²) in [7, 11) is 0. The zero-order chi connectivity index (χ0) is 20.8. The Hall–Kier alpha value is -2.54. The van der Waals surface area contributed by atoms with E-state index >= 15 is 0 Å². The molecule has 2 unspecified atom stereocenters. The number of aromatic nitrogens is 1. The Labute approximate surface area is 170 Å². The molecule has 152 valence electrons. The van der Waals surface area contributed by atoms with Gasteiger partial charge in [-0.2, -0.15) is 13.2 Å². The molecule has 2 bridgehead atoms. The average Bonchev–Trinajstić information content (AvgIpc) is 2.67. The summed E-state index contributed by atoms with van der Waals surface area (Å²) in [6.45, 7) is 1.55. The van der Waals surface area contributed by atoms with E-state index in [1.54, 1.807) is 15.5 Å². The monoisotopic (exact) mass is 422 g/mol. The number of carbonyl (C=O) groups excluding carboxylic acids is 1. The summed E-state index contributed by atoms with van der Waals surface area (Å²) in [6, 6.07) is 8.19. The molecule has 2 aromatic rings. The summed E-state index contributed by atoms with van der Waals surface area (Å²) in [5.74, 6) is -0.0263. The quantitative estimate of drug-likeness (QED) is 0.681. The number of nitrogens with zero attached hydrogens (tertiary/aromatic N) is 2. The van der Waals surface area contributed by atoms with Gasteiger partial charge in [0.2, 0.25) is 5.91 Å². The Balaban J connectivity index is 1.53. The topological polar surface area (TPSA) is 42.3 Å². The molecule has 2 aliphatic heterocycles. The first-order valence-electron chi connectivity index (χ1n) is 9.26. The van der Waals surface area contributed by atoms with Gasteiger partial charge in [-0.3, -0.25) is 9.59 Å². The molecule has 1 amide bonds. The molecule has 4 nitrogen and oxygen atoms in total. The molecule has 0 spiro atoms. The number of alkyl halides is 3. The molecular weight excluding hydrogens is 405 g/mol. The normalized spacial score (nSPS) is 21.3. The third kappa shape index (κ3) is 3.96. The van der Waals surface area contributed by atoms with E-state index in [2.05, 4.69) is 0 Å². The second-order valence-corrected chi connectivity index (χ2v) is 7.92. The van der Waals surface area contributed by atoms with Crippen LogP contribution in [0, 0.1) is 5.92 Å². The standard InChI is InChI=1S/C21H18ClF3N2O2/c22-17-6-5-16(21(23,24)25)9-14(17)4-7-19(28)26-10-13-8-15(12-26)18-2-1-3-20(29)27(18)11-13/h1-7,9,13,15H,8,10-12H2. The lowest BCUT2D eigenvalue weighted by molar-refractivity contribution is -0.137. The molecule has 4 rings (SSSR count). The van der Waals surface area contributed by atoms with Gasteiger partial charge in [0.15, 0.2) is 0 Å². The summed E-state index contributed by atoms with van der Waals surface area (Å²) in [4.78, 5) is 26.5. The SMILES string of the molecule is O=C(C=Cc1cc(C(F)(F)F)ccc1Cl)N1CC2CC(C1)c1cccc(=O)n1C2. The molecular formula is C21H18ClF3N2O2. The summed E-state index contributed by atoms with van der Waals surface area (Å²) < 4.78 is 40.5. The van der Waals surface area contributed by atoms with Crippen LogP contribution in [0.25, 0.3) is 6.08 Å². The first kappa shape index (κ1) is 19.8. The van der Waals surface area contributed by atoms with Crippen LogP contribution in [0.5, 0.6) is 0 Å². The fourth-order valence-corrected chi connectivity index (χ4v) is 4.37. The fourth-order valence-electron chi connectivity index (χ4n) is 4.19. The summed E-state index contributed by atoms with van der Waals surface area (Å²) >= 11 is 5.99. The van der Waals surface area contributed by atoms with Crippen molar-refractivity contribution in [1.29, 1.82) is 0 Å². The summed E-state index contributed by atoms with van der Waals surface area (Å²) in [5, 5.41) is 0.144. The Morgan fingerprint density at radius 2 is 1.93 bits per heavy atom. The molecule has 8 heteroatoms. The molecule has 0 saturated carbocycles. The third-order valence-corrected chi connectivity index (χ3v) is 5.86. The fraction of sp³-hybridized carbons (Fsp3) is 0.333. The first-order chi connectivity index (χ1) is 13.7. The maximum absolute atomic E-state index is 12.9. The van der Waals surface area contributed by atoms with Crippen molar-refractivity contribution in [1.82, 2.24) is 9.47 Å². The predicted molar refractivity (Wildman–Crippen MR) is 104 cm³/mol. The van der Waals surface area contributed by atoms with Crippen molar-refractivity contribution >= 4 is 23.6 Å². The number of carbonyl (C=O) groups is 1. The number of hydrogen-bond acceptors (Lipinski definition) is 2. The van der Waals surface area contributed by atoms with Gasteiger partial charge in [-0.15, -0.1) is 0 Å². The zero-order valence-electron chi connectivity index (χ0n) is 15.3. The molecule has 0 N–H and O–H groups in total. The summed E-state index contributed by atoms with van der Waals surface area (Å²) in [5.41, 5.74) is 0.222. The van der Waals surface area contributed by atoms with Gasteiger partial charge >= 0.3 is 6.18 Å². The number of likely N-dealkylation sites (tertiary alicyclic amines) is 1. The maximum Gasteiger partial charge on any atom is 0.416 e. The number of hydrogen-bond donors (Lipinski definition) is 0. The Bertz CT molecular complexity index is 1040. The van der Waals surface area contributed by atoms with E-state index in [1.165, 1.54) is 24.3 Å². The predicted octanol–water partition coefficient (Wildman–Crippen LogP) is 4.18. The first-order valence-corrected chi connectivity index (χ1v) is 9.63. The van der Waals surface area contributed by atoms with Gasteiger partial charge in [0.05, 0.1) is 5.56 Å². The van der Waals surface area contributed by atoms with E-state index in [-0.39, 0.29) is 33.9 Å². The highest BCUT2D eigenvalue weighted by atomic mass is 35.5. The van der Waals surface area contributed by atoms with Crippen molar-refractivity contribution in [3.8, 4) is 0 Å². The van der Waals surface area contributed by atoms with E-state index in [1.807, 2.05) is 6.07 Å². The largest absolute Gasteiger partial charge is 0.416 e. The molecule has 1 fully saturated rings. The maximum atomic E-state index is 12.9. The molecule has 1 aromatic carbocycles. The van der Waals surface area contributed by atoms with Gasteiger partial charge in [0, 0.05) is 48.4 Å². The van der Waals surface area contributed by atoms with Crippen molar-refractivity contribution in [2.45, 2.75) is 25.1 Å². The van der Waals surface area contributed by atoms with Crippen LogP contribution in [0.15, 0.2) is 47.3 Å². The number of halogens is 4. The second-order valence-electron chi connectivity index (χ2n) is 7.51. The number of amides is 1. The van der Waals surface area contributed by atoms with Crippen LogP contribution in [0.4, 0.5) is 13.2 Å². The van der Waals surface area contributed by atoms with Crippen LogP contribution in [0.1, 0.15) is 29.2 Å². The lowest BCUT2D eigenvalue weighted by atomic mass is 9.83. The van der Waals surface area contributed by atoms with Gasteiger partial charge in [-0.05, 0) is 48.2 Å². The number of pyridine rings is 1. The second kappa shape index (κ2) is 7.37. The van der Waals surface area contributed by atoms with E-state index in [0.717, 1.165) is 24.2 Å². The molecule has 0 aliphatic carbocycles. The van der Waals surface area contributed by atoms with E-state index < -0.39 is 11.7 Å². The molecule has 1 aromatic heterocycles. The van der Waals surface area contributed by atoms with Gasteiger partial charge < -0.3 is 9.47 Å². The lowest BCUT2D eigenvalue weighted by Gasteiger charge is -2.42. The van der Waals surface area contributed by atoms with Gasteiger partial charge in [-0.1, -0.05) is 17.7 Å². The van der Waals surface area contributed by atoms with Gasteiger partial charge in [0.1, 0.15) is 0 Å². The zero-order valence-corrected chi connectivity index (χ0v) is 16.1. The number of fused-ring (bicyclic) bond motifs is 4. The van der Waals surface area contributed by atoms with Crippen LogP contribution in [0.3, 0.4) is 0 Å². The third-order valence-electron chi connectivity index (χ3n) is 5.52. The Morgan fingerprint density at radius 1 is 1.14 bits per heavy atom. The molecule has 3 heterocycles. The van der Waals surface area contributed by atoms with Crippen molar-refractivity contribution in [2.75, 3.05) is 13.1 Å². The molecule has 29 heavy (non-hydrogen) atoms. The lowest BCUT2D eigenvalue weighted by Crippen LogP contribution is -2.48. The van der Waals surface area contributed by atoms with Crippen molar-refractivity contribution in [2.24, 2.45) is 5.92 Å². The minimum absolute atomic E-state index is 0.0314. The van der Waals surface area contributed by atoms with E-state index in [9.17, 15) is 22.8 Å². The van der Waals surface area contributed by atoms with Crippen molar-refractivity contribution < 1.29 is 18.0 Å². The van der Waals surface area contributed by atoms with Crippen molar-refractivity contribution in [3.05, 3.63) is 74.7 Å². The van der Waals surface area contributed by atoms with Crippen LogP contribution in [0.2, 0.25) is 5.02 Å².